The van der Waals surface area contributed by atoms with Crippen molar-refractivity contribution in [3.05, 3.63) is 198 Å². The first-order valence-electron chi connectivity index (χ1n) is 46.4. The molecule has 11 aromatic rings. The molecule has 772 valence electrons. The number of nitro groups is 2. The number of ether oxygens (including phenoxy) is 10. The van der Waals surface area contributed by atoms with Crippen LogP contribution in [0.4, 0.5) is 98.1 Å². The lowest BCUT2D eigenvalue weighted by atomic mass is 9.79. The van der Waals surface area contributed by atoms with Crippen molar-refractivity contribution in [1.82, 2.24) is 60.1 Å². The van der Waals surface area contributed by atoms with Gasteiger partial charge >= 0.3 is 11.4 Å². The van der Waals surface area contributed by atoms with Gasteiger partial charge in [-0.1, -0.05) is 82.8 Å². The number of pyridine rings is 5. The SMILES string of the molecule is C1CC2(CNC2)CO1.COc1nc(Cl)ccc1[N+](=O)[O-].COc1nc(N2CC3(CCOC3)C2)ccc1N.COc1nc(N2CC3(CCOC3)C2)ccc1Nc1ncc(Cl)c(Nc2ccccc2P(C)(C)=O)n1.COc1nc(N2CC3(CCOC3)C2)ccc1Nc1ncc(Cl)c(Nc2ccccc2P(C)(C)=O)n1.COc1nc(N2CC3(CCOC3)C2)ccc1[N+](=O)[O-].CP(C)(=O)c1ccccc1Nc1nc(Cl)ncc1Cl. The maximum absolute atomic E-state index is 12.7. The molecule has 21 rings (SSSR count). The smallest absolute Gasteiger partial charge is 0.331 e. The number of rotatable bonds is 24. The van der Waals surface area contributed by atoms with Crippen molar-refractivity contribution in [3.8, 4) is 29.4 Å². The molecule has 18 heterocycles. The van der Waals surface area contributed by atoms with Crippen LogP contribution in [-0.4, -0.2) is 272 Å². The first-order valence-corrected chi connectivity index (χ1v) is 56.1. The fourth-order valence-electron chi connectivity index (χ4n) is 18.0. The van der Waals surface area contributed by atoms with E-state index in [9.17, 15) is 33.9 Å². The zero-order valence-corrected chi connectivity index (χ0v) is 88.4. The Kier molecular flexibility index (Phi) is 34.6. The van der Waals surface area contributed by atoms with Crippen LogP contribution in [-0.2, 0) is 37.4 Å². The van der Waals surface area contributed by atoms with Crippen LogP contribution in [0, 0.1) is 47.3 Å². The number of nitrogens with zero attached hydrogens (tertiary/aromatic N) is 17. The van der Waals surface area contributed by atoms with Crippen molar-refractivity contribution >= 4 is 193 Å². The Bertz CT molecular complexity index is 6380. The quantitative estimate of drug-likeness (QED) is 0.00971. The molecule has 0 unspecified atom stereocenters. The highest BCUT2D eigenvalue weighted by Crippen LogP contribution is 2.49. The zero-order chi connectivity index (χ0) is 103. The summed E-state index contributed by atoms with van der Waals surface area (Å²) in [4.78, 5) is 75.9. The number of benzene rings is 3. The van der Waals surface area contributed by atoms with Gasteiger partial charge in [-0.25, -0.2) is 15.0 Å². The predicted molar refractivity (Wildman–Crippen MR) is 567 cm³/mol. The molecule has 10 fully saturated rings. The minimum atomic E-state index is -2.51. The van der Waals surface area contributed by atoms with Gasteiger partial charge in [0.25, 0.3) is 11.8 Å². The molecule has 49 heteroatoms. The number of hydrogen-bond donors (Lipinski definition) is 7. The van der Waals surface area contributed by atoms with Gasteiger partial charge in [0, 0.05) is 154 Å². The van der Waals surface area contributed by atoms with E-state index in [0.717, 1.165) is 183 Å². The summed E-state index contributed by atoms with van der Waals surface area (Å²) in [5.41, 5.74) is 11.1. The third-order valence-electron chi connectivity index (χ3n) is 25.9. The third-order valence-corrected chi connectivity index (χ3v) is 31.8. The Labute approximate surface area is 864 Å². The number of nitrogens with one attached hydrogen (secondary N) is 6. The van der Waals surface area contributed by atoms with Crippen molar-refractivity contribution in [2.75, 3.05) is 259 Å². The average Bonchev–Trinajstić information content (AvgIpc) is 1.75. The fourth-order valence-corrected chi connectivity index (χ4v) is 22.2. The van der Waals surface area contributed by atoms with E-state index in [4.69, 9.17) is 106 Å². The van der Waals surface area contributed by atoms with Crippen molar-refractivity contribution in [1.29, 1.82) is 0 Å². The molecule has 3 aromatic carbocycles. The minimum Gasteiger partial charge on any atom is -0.479 e. The van der Waals surface area contributed by atoms with E-state index in [-0.39, 0.29) is 49.8 Å². The van der Waals surface area contributed by atoms with Gasteiger partial charge in [0.15, 0.2) is 17.5 Å². The van der Waals surface area contributed by atoms with Crippen molar-refractivity contribution < 1.29 is 70.9 Å². The van der Waals surface area contributed by atoms with Crippen LogP contribution in [0.2, 0.25) is 25.5 Å². The van der Waals surface area contributed by atoms with E-state index in [0.29, 0.717) is 107 Å². The van der Waals surface area contributed by atoms with Gasteiger partial charge in [0.2, 0.25) is 34.8 Å². The van der Waals surface area contributed by atoms with E-state index in [1.165, 1.54) is 70.5 Å². The average molecular weight is 2150 g/mol. The molecule has 10 aliphatic rings. The Morgan fingerprint density at radius 1 is 0.366 bits per heavy atom. The van der Waals surface area contributed by atoms with E-state index < -0.39 is 31.3 Å². The van der Waals surface area contributed by atoms with Gasteiger partial charge in [-0.05, 0) is 169 Å². The minimum absolute atomic E-state index is 0.0612. The molecule has 5 spiro atoms. The first-order chi connectivity index (χ1) is 69.3. The van der Waals surface area contributed by atoms with Gasteiger partial charge in [0.1, 0.15) is 76.3 Å². The van der Waals surface area contributed by atoms with Gasteiger partial charge < -0.3 is 118 Å². The molecule has 0 atom stereocenters. The number of aromatic nitrogens is 11. The molecule has 0 saturated carbocycles. The van der Waals surface area contributed by atoms with Crippen LogP contribution in [0.1, 0.15) is 32.1 Å². The first kappa shape index (κ1) is 108. The van der Waals surface area contributed by atoms with Crippen molar-refractivity contribution in [2.45, 2.75) is 32.1 Å². The lowest BCUT2D eigenvalue weighted by molar-refractivity contribution is -0.386. The fraction of sp³-hybridized carbons (Fsp3) is 0.427. The molecule has 10 aliphatic heterocycles. The number of halogens is 5. The summed E-state index contributed by atoms with van der Waals surface area (Å²) in [6.07, 6.45) is 10.2. The number of para-hydroxylation sites is 3. The maximum Gasteiger partial charge on any atom is 0.331 e. The normalized spacial score (nSPS) is 17.4. The Balaban J connectivity index is 0.000000133. The summed E-state index contributed by atoms with van der Waals surface area (Å²) in [6, 6.07) is 39.4. The van der Waals surface area contributed by atoms with E-state index in [1.54, 1.807) is 67.4 Å². The molecule has 8 N–H and O–H groups in total. The summed E-state index contributed by atoms with van der Waals surface area (Å²) in [6.45, 7) is 29.0. The van der Waals surface area contributed by atoms with E-state index in [1.807, 2.05) is 109 Å². The summed E-state index contributed by atoms with van der Waals surface area (Å²) in [7, 11) is 0.0303. The molecular formula is C96H116Cl5N24O17P3. The lowest BCUT2D eigenvalue weighted by Crippen LogP contribution is -2.57. The predicted octanol–water partition coefficient (Wildman–Crippen LogP) is 16.5. The van der Waals surface area contributed by atoms with Crippen LogP contribution in [0.3, 0.4) is 0 Å². The summed E-state index contributed by atoms with van der Waals surface area (Å²) in [5, 5.41) is 43.7. The summed E-state index contributed by atoms with van der Waals surface area (Å²) >= 11 is 30.0. The number of anilines is 15. The van der Waals surface area contributed by atoms with Gasteiger partial charge in [0.05, 0.1) is 120 Å². The molecule has 145 heavy (non-hydrogen) atoms. The highest BCUT2D eigenvalue weighted by Gasteiger charge is 2.50. The number of methoxy groups -OCH3 is 5. The second-order valence-corrected chi connectivity index (χ2v) is 49.5. The third kappa shape index (κ3) is 26.7. The number of nitrogen functional groups attached to an aromatic ring is 1. The molecule has 0 aliphatic carbocycles. The molecule has 8 aromatic heterocycles. The molecule has 10 saturated heterocycles. The monoisotopic (exact) mass is 2140 g/mol. The maximum atomic E-state index is 12.7. The van der Waals surface area contributed by atoms with Crippen LogP contribution in [0.25, 0.3) is 0 Å². The Morgan fingerprint density at radius 3 is 0.986 bits per heavy atom. The van der Waals surface area contributed by atoms with Crippen LogP contribution in [0.5, 0.6) is 29.4 Å². The van der Waals surface area contributed by atoms with Gasteiger partial charge in [-0.15, -0.1) is 0 Å². The van der Waals surface area contributed by atoms with Crippen LogP contribution < -0.4 is 96.8 Å². The second-order valence-electron chi connectivity index (χ2n) is 38.0. The molecule has 41 nitrogen and oxygen atoms in total. The van der Waals surface area contributed by atoms with E-state index >= 15 is 0 Å². The van der Waals surface area contributed by atoms with Gasteiger partial charge in [-0.2, -0.15) is 39.9 Å². The van der Waals surface area contributed by atoms with Crippen LogP contribution >= 0.6 is 79.4 Å². The van der Waals surface area contributed by atoms with Crippen molar-refractivity contribution in [2.24, 2.45) is 27.1 Å². The highest BCUT2D eigenvalue weighted by molar-refractivity contribution is 7.71. The number of hydrogen-bond acceptors (Lipinski definition) is 39. The van der Waals surface area contributed by atoms with E-state index in [2.05, 4.69) is 111 Å². The van der Waals surface area contributed by atoms with Crippen molar-refractivity contribution in [3.63, 3.8) is 0 Å². The van der Waals surface area contributed by atoms with Gasteiger partial charge in [-0.3, -0.25) is 20.2 Å². The Hall–Kier alpha value is -11.7. The second kappa shape index (κ2) is 46.6. The highest BCUT2D eigenvalue weighted by atomic mass is 35.5. The largest absolute Gasteiger partial charge is 0.479 e. The summed E-state index contributed by atoms with van der Waals surface area (Å²) < 4.78 is 90.8. The molecule has 0 amide bonds. The zero-order valence-electron chi connectivity index (χ0n) is 82.0. The molecule has 0 radical (unpaired) electrons. The standard InChI is InChI=1S/2C24H28ClN6O3P.C12H12Cl2N3OP.C12H15N3O4.C12H17N3O2.C6H5ClN2O3.C6H11NO/c2*1-33-22-18(8-9-20(29-22)31-13-24(14-31)10-11-34-15-24)28-23-26-12-16(25)21(30-23)27-17-6-4-5-7-19(17)35(2,3)32;1-19(2,18)10-6-4-3-5-9(10)16-11-8(13)7-15-12(14)17-11;1-18-11-9(15(16)17)2-3-10(13-11)14-6-12(7-14)4-5-19-8-12;1-16-11-9(13)2-3-10(14-11)15-6-12(7-15)4-5-17-8-12;1-12-6-4(9(10)11)2-3-5(7)8-6;1-2-8-5-6(1)3-7-4-6/h2*4-9,12H,10-11,13-15H2,1-3H3,(H2,26,27,28,30);3-7H,1-2H3,(H,15,16,17);2-3H,4-8H2,1H3;2-3H,4-8,13H2,1H3;2-3H,1H3;7H,1-5H2. The lowest BCUT2D eigenvalue weighted by Gasteiger charge is -2.47. The molecule has 0 bridgehead atoms. The molecular weight excluding hydrogens is 2030 g/mol. The number of nitrogens with two attached hydrogens (primary N) is 1. The summed E-state index contributed by atoms with van der Waals surface area (Å²) in [5.74, 6) is 6.62. The topological polar surface area (TPSA) is 483 Å². The Morgan fingerprint density at radius 2 is 0.669 bits per heavy atom. The van der Waals surface area contributed by atoms with Crippen LogP contribution in [0.15, 0.2) is 152 Å².